The van der Waals surface area contributed by atoms with Crippen LogP contribution in [0.2, 0.25) is 0 Å². The molecule has 0 rings (SSSR count). The van der Waals surface area contributed by atoms with Crippen molar-refractivity contribution in [1.82, 2.24) is 5.32 Å². The third-order valence-corrected chi connectivity index (χ3v) is 3.34. The average molecular weight is 275 g/mol. The predicted molar refractivity (Wildman–Crippen MR) is 76.0 cm³/mol. The van der Waals surface area contributed by atoms with E-state index in [0.29, 0.717) is 0 Å². The molecule has 0 saturated heterocycles. The van der Waals surface area contributed by atoms with Crippen molar-refractivity contribution < 1.29 is 14.3 Å². The van der Waals surface area contributed by atoms with Crippen molar-refractivity contribution in [2.24, 2.45) is 5.92 Å². The molecule has 1 amide bonds. The van der Waals surface area contributed by atoms with Gasteiger partial charge in [0.2, 0.25) is 0 Å². The van der Waals surface area contributed by atoms with E-state index in [1.165, 1.54) is 11.8 Å². The summed E-state index contributed by atoms with van der Waals surface area (Å²) in [5.74, 6) is 0.0722. The summed E-state index contributed by atoms with van der Waals surface area (Å²) in [5, 5.41) is 2.53. The lowest BCUT2D eigenvalue weighted by molar-refractivity contribution is -0.121. The molecule has 0 bridgehead atoms. The van der Waals surface area contributed by atoms with E-state index in [4.69, 9.17) is 4.74 Å². The van der Waals surface area contributed by atoms with Gasteiger partial charge in [0.25, 0.3) is 0 Å². The lowest BCUT2D eigenvalue weighted by atomic mass is 9.98. The van der Waals surface area contributed by atoms with E-state index in [2.05, 4.69) is 5.32 Å². The summed E-state index contributed by atoms with van der Waals surface area (Å²) >= 11 is 1.48. The second-order valence-corrected chi connectivity index (χ2v) is 6.83. The van der Waals surface area contributed by atoms with Gasteiger partial charge in [-0.3, -0.25) is 4.79 Å². The Bertz CT molecular complexity index is 297. The summed E-state index contributed by atoms with van der Waals surface area (Å²) in [7, 11) is 0. The Kier molecular flexibility index (Phi) is 6.74. The van der Waals surface area contributed by atoms with Gasteiger partial charge in [-0.2, -0.15) is 11.8 Å². The number of amides is 1. The third kappa shape index (κ3) is 6.28. The fourth-order valence-electron chi connectivity index (χ4n) is 1.37. The SMILES string of the molecule is CSC(C)C(=O)[C@@H](NC(=O)OC(C)(C)C)C(C)C. The van der Waals surface area contributed by atoms with Gasteiger partial charge >= 0.3 is 6.09 Å². The van der Waals surface area contributed by atoms with E-state index >= 15 is 0 Å². The molecule has 0 aliphatic carbocycles. The van der Waals surface area contributed by atoms with Gasteiger partial charge in [-0.05, 0) is 39.9 Å². The zero-order valence-electron chi connectivity index (χ0n) is 12.4. The predicted octanol–water partition coefficient (Wildman–Crippen LogP) is 2.86. The molecule has 0 heterocycles. The van der Waals surface area contributed by atoms with Crippen LogP contribution in [0.15, 0.2) is 0 Å². The standard InChI is InChI=1S/C13H25NO3S/c1-8(2)10(11(15)9(3)18-7)14-12(16)17-13(4,5)6/h8-10H,1-7H3,(H,14,16)/t9?,10-/m0/s1. The van der Waals surface area contributed by atoms with Crippen molar-refractivity contribution in [2.75, 3.05) is 6.26 Å². The van der Waals surface area contributed by atoms with Crippen LogP contribution in [-0.4, -0.2) is 35.0 Å². The maximum Gasteiger partial charge on any atom is 0.408 e. The van der Waals surface area contributed by atoms with E-state index in [-0.39, 0.29) is 17.0 Å². The first-order valence-electron chi connectivity index (χ1n) is 6.14. The molecule has 0 aliphatic heterocycles. The summed E-state index contributed by atoms with van der Waals surface area (Å²) < 4.78 is 5.17. The van der Waals surface area contributed by atoms with Gasteiger partial charge in [-0.1, -0.05) is 13.8 Å². The maximum atomic E-state index is 12.1. The van der Waals surface area contributed by atoms with Crippen molar-refractivity contribution in [2.45, 2.75) is 58.4 Å². The van der Waals surface area contributed by atoms with E-state index in [1.807, 2.05) is 27.0 Å². The van der Waals surface area contributed by atoms with Crippen LogP contribution in [0.1, 0.15) is 41.5 Å². The number of rotatable bonds is 5. The Morgan fingerprint density at radius 2 is 1.67 bits per heavy atom. The van der Waals surface area contributed by atoms with Crippen LogP contribution in [-0.2, 0) is 9.53 Å². The highest BCUT2D eigenvalue weighted by Crippen LogP contribution is 2.14. The molecule has 0 radical (unpaired) electrons. The van der Waals surface area contributed by atoms with Crippen LogP contribution in [0, 0.1) is 5.92 Å². The first kappa shape index (κ1) is 17.3. The molecule has 0 fully saturated rings. The van der Waals surface area contributed by atoms with Crippen LogP contribution in [0.25, 0.3) is 0 Å². The summed E-state index contributed by atoms with van der Waals surface area (Å²) in [4.78, 5) is 23.8. The number of ether oxygens (including phenoxy) is 1. The monoisotopic (exact) mass is 275 g/mol. The first-order valence-corrected chi connectivity index (χ1v) is 7.43. The Morgan fingerprint density at radius 3 is 2.00 bits per heavy atom. The normalized spacial score (nSPS) is 15.1. The highest BCUT2D eigenvalue weighted by molar-refractivity contribution is 7.99. The molecule has 0 spiro atoms. The molecule has 2 atom stereocenters. The van der Waals surface area contributed by atoms with E-state index in [0.717, 1.165) is 0 Å². The number of carbonyl (C=O) groups excluding carboxylic acids is 2. The molecule has 5 heteroatoms. The van der Waals surface area contributed by atoms with Gasteiger partial charge in [-0.15, -0.1) is 0 Å². The summed E-state index contributed by atoms with van der Waals surface area (Å²) in [6, 6.07) is -0.498. The highest BCUT2D eigenvalue weighted by atomic mass is 32.2. The Morgan fingerprint density at radius 1 is 1.17 bits per heavy atom. The van der Waals surface area contributed by atoms with Gasteiger partial charge in [0, 0.05) is 0 Å². The molecule has 4 nitrogen and oxygen atoms in total. The van der Waals surface area contributed by atoms with Crippen molar-refractivity contribution in [3.63, 3.8) is 0 Å². The molecule has 0 aromatic heterocycles. The number of Topliss-reactive ketones (excluding diaryl/α,β-unsaturated/α-hetero) is 1. The third-order valence-electron chi connectivity index (χ3n) is 2.40. The van der Waals surface area contributed by atoms with Crippen LogP contribution in [0.4, 0.5) is 4.79 Å². The second-order valence-electron chi connectivity index (χ2n) is 5.65. The first-order chi connectivity index (χ1) is 8.08. The van der Waals surface area contributed by atoms with E-state index in [1.54, 1.807) is 20.8 Å². The minimum absolute atomic E-state index is 0.0309. The lowest BCUT2D eigenvalue weighted by Crippen LogP contribution is -2.48. The average Bonchev–Trinajstić information content (AvgIpc) is 2.20. The van der Waals surface area contributed by atoms with Gasteiger partial charge in [0.1, 0.15) is 5.60 Å². The number of hydrogen-bond acceptors (Lipinski definition) is 4. The van der Waals surface area contributed by atoms with Crippen molar-refractivity contribution in [3.05, 3.63) is 0 Å². The summed E-state index contributed by atoms with van der Waals surface area (Å²) in [6.45, 7) is 11.1. The van der Waals surface area contributed by atoms with Gasteiger partial charge in [-0.25, -0.2) is 4.79 Å². The summed E-state index contributed by atoms with van der Waals surface area (Å²) in [6.07, 6.45) is 1.34. The second kappa shape index (κ2) is 7.02. The minimum Gasteiger partial charge on any atom is -0.444 e. The molecular formula is C13H25NO3S. The zero-order valence-corrected chi connectivity index (χ0v) is 13.2. The number of ketones is 1. The maximum absolute atomic E-state index is 12.1. The van der Waals surface area contributed by atoms with Crippen molar-refractivity contribution >= 4 is 23.6 Å². The zero-order chi connectivity index (χ0) is 14.5. The quantitative estimate of drug-likeness (QED) is 0.838. The van der Waals surface area contributed by atoms with Crippen LogP contribution in [0.3, 0.4) is 0 Å². The molecule has 18 heavy (non-hydrogen) atoms. The van der Waals surface area contributed by atoms with Gasteiger partial charge in [0.15, 0.2) is 5.78 Å². The van der Waals surface area contributed by atoms with E-state index < -0.39 is 17.7 Å². The fraction of sp³-hybridized carbons (Fsp3) is 0.846. The Balaban J connectivity index is 4.65. The molecule has 1 N–H and O–H groups in total. The van der Waals surface area contributed by atoms with Crippen LogP contribution in [0.5, 0.6) is 0 Å². The number of hydrogen-bond donors (Lipinski definition) is 1. The van der Waals surface area contributed by atoms with Crippen LogP contribution >= 0.6 is 11.8 Å². The van der Waals surface area contributed by atoms with Crippen molar-refractivity contribution in [1.29, 1.82) is 0 Å². The topological polar surface area (TPSA) is 55.4 Å². The highest BCUT2D eigenvalue weighted by Gasteiger charge is 2.29. The molecule has 0 aromatic rings. The smallest absolute Gasteiger partial charge is 0.408 e. The van der Waals surface area contributed by atoms with Gasteiger partial charge in [0.05, 0.1) is 11.3 Å². The minimum atomic E-state index is -0.556. The Hall–Kier alpha value is -0.710. The lowest BCUT2D eigenvalue weighted by Gasteiger charge is -2.26. The molecule has 0 saturated carbocycles. The molecular weight excluding hydrogens is 250 g/mol. The number of nitrogens with one attached hydrogen (secondary N) is 1. The molecule has 1 unspecified atom stereocenters. The molecule has 0 aliphatic rings. The number of carbonyl (C=O) groups is 2. The largest absolute Gasteiger partial charge is 0.444 e. The van der Waals surface area contributed by atoms with Gasteiger partial charge < -0.3 is 10.1 Å². The van der Waals surface area contributed by atoms with Crippen LogP contribution < -0.4 is 5.32 Å². The molecule has 0 aromatic carbocycles. The van der Waals surface area contributed by atoms with E-state index in [9.17, 15) is 9.59 Å². The Labute approximate surface area is 114 Å². The molecule has 106 valence electrons. The summed E-state index contributed by atoms with van der Waals surface area (Å²) in [5.41, 5.74) is -0.556. The number of alkyl carbamates (subject to hydrolysis) is 1. The fourth-order valence-corrected chi connectivity index (χ4v) is 1.75. The number of thioether (sulfide) groups is 1. The van der Waals surface area contributed by atoms with Crippen molar-refractivity contribution in [3.8, 4) is 0 Å².